The molecule has 0 aliphatic carbocycles. The van der Waals surface area contributed by atoms with E-state index in [9.17, 15) is 9.90 Å². The molecule has 0 aromatic heterocycles. The molecule has 106 valence electrons. The van der Waals surface area contributed by atoms with Gasteiger partial charge in [0.25, 0.3) is 0 Å². The molecule has 0 heterocycles. The quantitative estimate of drug-likeness (QED) is 0.681. The van der Waals surface area contributed by atoms with Crippen molar-refractivity contribution in [3.8, 4) is 11.5 Å². The fraction of sp³-hybridized carbons (Fsp3) is 0.500. The van der Waals surface area contributed by atoms with Crippen molar-refractivity contribution in [2.75, 3.05) is 33.4 Å². The molecule has 0 atom stereocenters. The maximum absolute atomic E-state index is 10.8. The molecule has 0 saturated carbocycles. The van der Waals surface area contributed by atoms with Crippen molar-refractivity contribution in [3.05, 3.63) is 23.8 Å². The highest BCUT2D eigenvalue weighted by atomic mass is 16.5. The van der Waals surface area contributed by atoms with Gasteiger partial charge in [-0.15, -0.1) is 0 Å². The highest BCUT2D eigenvalue weighted by Crippen LogP contribution is 2.27. The number of carboxylic acid groups (broad SMARTS) is 1. The van der Waals surface area contributed by atoms with E-state index >= 15 is 0 Å². The van der Waals surface area contributed by atoms with Gasteiger partial charge in [0.1, 0.15) is 13.2 Å². The molecule has 0 amide bonds. The SMILES string of the molecule is CC[NH+](CC)CCOc1cc(C(=O)[O-])ccc1OC. The molecule has 0 aliphatic rings. The van der Waals surface area contributed by atoms with E-state index in [0.29, 0.717) is 18.1 Å². The van der Waals surface area contributed by atoms with Crippen molar-refractivity contribution >= 4 is 5.97 Å². The van der Waals surface area contributed by atoms with Crippen molar-refractivity contribution in [2.45, 2.75) is 13.8 Å². The zero-order chi connectivity index (χ0) is 14.3. The van der Waals surface area contributed by atoms with Crippen LogP contribution in [-0.2, 0) is 0 Å². The van der Waals surface area contributed by atoms with Gasteiger partial charge in [-0.05, 0) is 32.0 Å². The Hall–Kier alpha value is -1.75. The smallest absolute Gasteiger partial charge is 0.162 e. The van der Waals surface area contributed by atoms with Crippen LogP contribution in [0.5, 0.6) is 11.5 Å². The van der Waals surface area contributed by atoms with Crippen molar-refractivity contribution in [1.82, 2.24) is 0 Å². The summed E-state index contributed by atoms with van der Waals surface area (Å²) >= 11 is 0. The van der Waals surface area contributed by atoms with Crippen LogP contribution in [0.4, 0.5) is 0 Å². The second-order valence-electron chi connectivity index (χ2n) is 4.21. The predicted molar refractivity (Wildman–Crippen MR) is 69.7 cm³/mol. The Balaban J connectivity index is 2.69. The minimum Gasteiger partial charge on any atom is -0.545 e. The average Bonchev–Trinajstić information content (AvgIpc) is 2.43. The van der Waals surface area contributed by atoms with Crippen LogP contribution in [0.3, 0.4) is 0 Å². The van der Waals surface area contributed by atoms with Crippen molar-refractivity contribution in [1.29, 1.82) is 0 Å². The number of rotatable bonds is 8. The molecule has 19 heavy (non-hydrogen) atoms. The highest BCUT2D eigenvalue weighted by Gasteiger charge is 2.08. The number of benzene rings is 1. The number of methoxy groups -OCH3 is 1. The van der Waals surface area contributed by atoms with Crippen LogP contribution >= 0.6 is 0 Å². The van der Waals surface area contributed by atoms with Crippen LogP contribution in [0.25, 0.3) is 0 Å². The first-order chi connectivity index (χ1) is 9.12. The minimum absolute atomic E-state index is 0.0889. The number of likely N-dealkylation sites (N-methyl/N-ethyl adjacent to an activating group) is 1. The molecule has 1 aromatic rings. The van der Waals surface area contributed by atoms with E-state index in [1.54, 1.807) is 6.07 Å². The van der Waals surface area contributed by atoms with E-state index in [2.05, 4.69) is 13.8 Å². The summed E-state index contributed by atoms with van der Waals surface area (Å²) in [6.45, 7) is 7.70. The van der Waals surface area contributed by atoms with Crippen molar-refractivity contribution in [3.63, 3.8) is 0 Å². The van der Waals surface area contributed by atoms with Gasteiger partial charge in [0.2, 0.25) is 0 Å². The third-order valence-corrected chi connectivity index (χ3v) is 3.11. The second kappa shape index (κ2) is 7.63. The second-order valence-corrected chi connectivity index (χ2v) is 4.21. The molecule has 0 saturated heterocycles. The van der Waals surface area contributed by atoms with Gasteiger partial charge < -0.3 is 24.3 Å². The summed E-state index contributed by atoms with van der Waals surface area (Å²) in [6, 6.07) is 4.45. The van der Waals surface area contributed by atoms with Crippen LogP contribution in [-0.4, -0.2) is 39.3 Å². The molecule has 0 aliphatic heterocycles. The zero-order valence-electron chi connectivity index (χ0n) is 11.7. The lowest BCUT2D eigenvalue weighted by molar-refractivity contribution is -0.896. The summed E-state index contributed by atoms with van der Waals surface area (Å²) in [5.41, 5.74) is 0.0889. The number of ether oxygens (including phenoxy) is 2. The van der Waals surface area contributed by atoms with E-state index in [1.807, 2.05) is 0 Å². The Morgan fingerprint density at radius 3 is 2.47 bits per heavy atom. The van der Waals surface area contributed by atoms with Gasteiger partial charge in [-0.3, -0.25) is 0 Å². The molecule has 1 rings (SSSR count). The first-order valence-electron chi connectivity index (χ1n) is 6.48. The van der Waals surface area contributed by atoms with Crippen molar-refractivity contribution in [2.24, 2.45) is 0 Å². The van der Waals surface area contributed by atoms with E-state index < -0.39 is 5.97 Å². The van der Waals surface area contributed by atoms with Crippen LogP contribution in [0.1, 0.15) is 24.2 Å². The molecule has 0 bridgehead atoms. The summed E-state index contributed by atoms with van der Waals surface area (Å²) in [7, 11) is 1.52. The lowest BCUT2D eigenvalue weighted by Gasteiger charge is -2.17. The normalized spacial score (nSPS) is 10.5. The lowest BCUT2D eigenvalue weighted by atomic mass is 10.2. The Labute approximate surface area is 113 Å². The Bertz CT molecular complexity index is 416. The van der Waals surface area contributed by atoms with E-state index in [-0.39, 0.29) is 5.56 Å². The molecular weight excluding hydrogens is 246 g/mol. The van der Waals surface area contributed by atoms with Crippen LogP contribution in [0.15, 0.2) is 18.2 Å². The number of quaternary nitrogens is 1. The summed E-state index contributed by atoms with van der Waals surface area (Å²) < 4.78 is 10.8. The van der Waals surface area contributed by atoms with Gasteiger partial charge in [0.05, 0.1) is 26.2 Å². The summed E-state index contributed by atoms with van der Waals surface area (Å²) in [5, 5.41) is 10.8. The fourth-order valence-electron chi connectivity index (χ4n) is 1.83. The number of carbonyl (C=O) groups excluding carboxylic acids is 1. The third-order valence-electron chi connectivity index (χ3n) is 3.11. The first-order valence-corrected chi connectivity index (χ1v) is 6.48. The highest BCUT2D eigenvalue weighted by molar-refractivity contribution is 5.86. The predicted octanol–water partition coefficient (Wildman–Crippen LogP) is -0.638. The monoisotopic (exact) mass is 267 g/mol. The minimum atomic E-state index is -1.22. The lowest BCUT2D eigenvalue weighted by Crippen LogP contribution is -3.12. The molecular formula is C14H21NO4. The standard InChI is InChI=1S/C14H21NO4/c1-4-15(5-2)8-9-19-13-10-11(14(16)17)6-7-12(13)18-3/h6-7,10H,4-5,8-9H2,1-3H3,(H,16,17). The maximum atomic E-state index is 10.8. The molecule has 1 N–H and O–H groups in total. The molecule has 0 radical (unpaired) electrons. The average molecular weight is 267 g/mol. The summed E-state index contributed by atoms with van der Waals surface area (Å²) in [6.07, 6.45) is 0. The van der Waals surface area contributed by atoms with E-state index in [1.165, 1.54) is 24.1 Å². The van der Waals surface area contributed by atoms with Gasteiger partial charge in [-0.2, -0.15) is 0 Å². The first kappa shape index (κ1) is 15.3. The number of aromatic carboxylic acids is 1. The van der Waals surface area contributed by atoms with Gasteiger partial charge in [-0.25, -0.2) is 0 Å². The van der Waals surface area contributed by atoms with Crippen LogP contribution < -0.4 is 19.5 Å². The Morgan fingerprint density at radius 2 is 1.95 bits per heavy atom. The molecule has 0 spiro atoms. The maximum Gasteiger partial charge on any atom is 0.162 e. The molecule has 5 nitrogen and oxygen atoms in total. The Morgan fingerprint density at radius 1 is 1.26 bits per heavy atom. The van der Waals surface area contributed by atoms with Gasteiger partial charge >= 0.3 is 0 Å². The molecule has 5 heteroatoms. The molecule has 0 unspecified atom stereocenters. The number of carboxylic acids is 1. The zero-order valence-corrected chi connectivity index (χ0v) is 11.7. The van der Waals surface area contributed by atoms with E-state index in [4.69, 9.17) is 9.47 Å². The van der Waals surface area contributed by atoms with Crippen LogP contribution in [0, 0.1) is 0 Å². The van der Waals surface area contributed by atoms with Gasteiger partial charge in [-0.1, -0.05) is 0 Å². The topological polar surface area (TPSA) is 63.0 Å². The van der Waals surface area contributed by atoms with Crippen molar-refractivity contribution < 1.29 is 24.3 Å². The van der Waals surface area contributed by atoms with Crippen LogP contribution in [0.2, 0.25) is 0 Å². The number of hydrogen-bond donors (Lipinski definition) is 1. The molecule has 0 fully saturated rings. The largest absolute Gasteiger partial charge is 0.545 e. The van der Waals surface area contributed by atoms with E-state index in [0.717, 1.165) is 19.6 Å². The molecule has 1 aromatic carbocycles. The van der Waals surface area contributed by atoms with Gasteiger partial charge in [0.15, 0.2) is 11.5 Å². The number of nitrogens with one attached hydrogen (secondary N) is 1. The van der Waals surface area contributed by atoms with Gasteiger partial charge in [0, 0.05) is 5.56 Å². The third kappa shape index (κ3) is 4.44. The summed E-state index contributed by atoms with van der Waals surface area (Å²) in [4.78, 5) is 12.2. The Kier molecular flexibility index (Phi) is 6.15. The number of hydrogen-bond acceptors (Lipinski definition) is 4. The number of carbonyl (C=O) groups is 1. The summed E-state index contributed by atoms with van der Waals surface area (Å²) in [5.74, 6) is -0.253. The fourth-order valence-corrected chi connectivity index (χ4v) is 1.83.